The topological polar surface area (TPSA) is 325 Å². The molecule has 0 unspecified atom stereocenters. The van der Waals surface area contributed by atoms with Gasteiger partial charge in [-0.25, -0.2) is 4.98 Å². The van der Waals surface area contributed by atoms with Crippen LogP contribution in [0.15, 0.2) is 233 Å². The zero-order valence-corrected chi connectivity index (χ0v) is 69.8. The third-order valence-corrected chi connectivity index (χ3v) is 21.1. The summed E-state index contributed by atoms with van der Waals surface area (Å²) in [6.45, 7) is 34.4. The Morgan fingerprint density at radius 1 is 0.475 bits per heavy atom. The van der Waals surface area contributed by atoms with E-state index in [4.69, 9.17) is 19.8 Å². The second-order valence-corrected chi connectivity index (χ2v) is 29.4. The second-order valence-electron chi connectivity index (χ2n) is 26.6. The van der Waals surface area contributed by atoms with Crippen molar-refractivity contribution in [2.24, 2.45) is 0 Å². The molecule has 622 valence electrons. The summed E-state index contributed by atoms with van der Waals surface area (Å²) in [6.07, 6.45) is 0. The number of nitrogens with one attached hydrogen (secondary N) is 5. The van der Waals surface area contributed by atoms with Crippen LogP contribution in [0.25, 0.3) is 54.7 Å². The third-order valence-electron chi connectivity index (χ3n) is 19.3. The van der Waals surface area contributed by atoms with Gasteiger partial charge in [0, 0.05) is 113 Å². The normalized spacial score (nSPS) is 10.7. The van der Waals surface area contributed by atoms with Gasteiger partial charge in [-0.1, -0.05) is 181 Å². The van der Waals surface area contributed by atoms with Gasteiger partial charge in [0.2, 0.25) is 5.43 Å². The van der Waals surface area contributed by atoms with Crippen LogP contribution in [0, 0.1) is 27.7 Å². The van der Waals surface area contributed by atoms with Gasteiger partial charge in [-0.15, -0.1) is 0 Å². The molecule has 118 heavy (non-hydrogen) atoms. The minimum absolute atomic E-state index is 0. The van der Waals surface area contributed by atoms with E-state index in [2.05, 4.69) is 101 Å². The molecule has 22 nitrogen and oxygen atoms in total. The molecule has 10 N–H and O–H groups in total. The van der Waals surface area contributed by atoms with Crippen LogP contribution < -0.4 is 47.5 Å². The molecule has 2 aliphatic rings. The van der Waals surface area contributed by atoms with E-state index in [0.717, 1.165) is 101 Å². The predicted molar refractivity (Wildman–Crippen MR) is 486 cm³/mol. The van der Waals surface area contributed by atoms with Gasteiger partial charge < -0.3 is 51.8 Å². The van der Waals surface area contributed by atoms with Gasteiger partial charge in [0.1, 0.15) is 21.1 Å². The average Bonchev–Trinajstić information content (AvgIpc) is 0.717. The van der Waals surface area contributed by atoms with E-state index in [9.17, 15) is 45.9 Å². The number of carbonyl (C=O) groups excluding carboxylic acids is 4. The molecule has 1 aliphatic carbocycles. The number of anilines is 6. The van der Waals surface area contributed by atoms with Gasteiger partial charge in [0.25, 0.3) is 43.9 Å². The molecule has 0 radical (unpaired) electrons. The molecule has 1 heterocycles. The lowest BCUT2D eigenvalue weighted by molar-refractivity contribution is 0.0941. The smallest absolute Gasteiger partial charge is 0.295 e. The maximum absolute atomic E-state index is 14.5. The quantitative estimate of drug-likeness (QED) is 0.0140. The number of rotatable bonds is 21. The summed E-state index contributed by atoms with van der Waals surface area (Å²) in [5.41, 5.74) is 20.8. The first kappa shape index (κ1) is 94.4. The summed E-state index contributed by atoms with van der Waals surface area (Å²) in [5.74, 6) is -1.49. The van der Waals surface area contributed by atoms with Crippen molar-refractivity contribution in [2.75, 3.05) is 64.2 Å². The first-order valence-corrected chi connectivity index (χ1v) is 41.7. The molecule has 1 aliphatic heterocycles. The summed E-state index contributed by atoms with van der Waals surface area (Å²) < 4.78 is 64.7. The van der Waals surface area contributed by atoms with Crippen molar-refractivity contribution in [3.63, 3.8) is 0 Å². The summed E-state index contributed by atoms with van der Waals surface area (Å²) in [4.78, 5) is 76.1. The Kier molecular flexibility index (Phi) is 34.8. The van der Waals surface area contributed by atoms with Crippen LogP contribution in [-0.4, -0.2) is 97.0 Å². The zero-order chi connectivity index (χ0) is 84.7. The molecule has 0 aromatic heterocycles. The number of phenols is 1. The molecular formula is C94H112N10O12S2. The van der Waals surface area contributed by atoms with E-state index in [-0.39, 0.29) is 66.8 Å². The molecule has 4 amide bonds. The van der Waals surface area contributed by atoms with Crippen LogP contribution in [0.3, 0.4) is 0 Å². The van der Waals surface area contributed by atoms with Crippen LogP contribution in [0.2, 0.25) is 0 Å². The Morgan fingerprint density at radius 2 is 0.932 bits per heavy atom. The molecule has 13 rings (SSSR count). The highest BCUT2D eigenvalue weighted by Crippen LogP contribution is 2.39. The van der Waals surface area contributed by atoms with E-state index >= 15 is 0 Å². The number of nitrogen functional groups attached to an aromatic ring is 1. The molecule has 0 saturated carbocycles. The van der Waals surface area contributed by atoms with E-state index in [1.54, 1.807) is 97.1 Å². The number of aryl methyl sites for hydroxylation is 5. The van der Waals surface area contributed by atoms with Crippen molar-refractivity contribution >= 4 is 121 Å². The minimum Gasteiger partial charge on any atom is -0.506 e. The van der Waals surface area contributed by atoms with Crippen molar-refractivity contribution < 1.29 is 50.2 Å². The summed E-state index contributed by atoms with van der Waals surface area (Å²) in [5, 5.41) is 27.9. The molecule has 0 atom stereocenters. The van der Waals surface area contributed by atoms with Gasteiger partial charge >= 0.3 is 0 Å². The molecule has 11 aromatic carbocycles. The molecular weight excluding hydrogens is 1530 g/mol. The number of amides is 4. The standard InChI is InChI=1S/C39H39N5O3.C27H24N2O3.C12H21N3.C10H8O6S2.2C2H6.2CH4/c1-6-43(7-2)28-19-20-30-32(22-28)44(8-3)36-34(39(47)40-23-27-18-17-24(4)21-25(27)5)37(45)29-15-12-16-31(33(29)35(36)41-30)42-38(46)26-13-10-9-11-14-26;1-17-11-12-20(18(2)15-17)16-28-27(32)23-14-13-21-22(25(23)30)9-6-10-24(21)29-26(31)19-7-4-3-5-8-19;1-4-14-12-9-10(7-8-11(12)13)15(5-2)6-3;11-17(12,13)9-5-1-3-7-8(9)4-2-6-10(7)18(14,15)16;2*1-2;;/h9-22H,6-8,23H2,1-5H3,(H,40,47)(H,42,46);3-15,30H,16H2,1-2H3,(H,28,32)(H,29,31);7-9,14H,4-6,13H2,1-3H3;1-6H,(H,11,12,13)(H,14,15,16);2*1-2H3;2*1H4. The number of phenolic OH excluding ortho intramolecular Hbond substituents is 1. The summed E-state index contributed by atoms with van der Waals surface area (Å²) in [6, 6.07) is 63.5. The van der Waals surface area contributed by atoms with Crippen molar-refractivity contribution in [2.45, 2.75) is 141 Å². The summed E-state index contributed by atoms with van der Waals surface area (Å²) in [7, 11) is -8.94. The fraction of sp³-hybridized carbons (Fsp3) is 0.255. The molecule has 0 saturated heterocycles. The lowest BCUT2D eigenvalue weighted by Gasteiger charge is -2.25. The third kappa shape index (κ3) is 22.6. The van der Waals surface area contributed by atoms with Crippen LogP contribution in [0.5, 0.6) is 5.75 Å². The molecule has 0 fully saturated rings. The summed E-state index contributed by atoms with van der Waals surface area (Å²) >= 11 is 0. The average molecular weight is 1640 g/mol. The number of aromatic hydroxyl groups is 1. The SMILES string of the molecule is C.C.CC.CC.CCN(CC)c1ccc2nc3c4c(NC(=O)c5ccccc5)cccc4c(=O)c(C(=O)NCc4ccc(C)cc4C)c-3n(CC)c2c1.CCNc1cc(N(CC)CC)ccc1N.Cc1ccc(CNC(=O)c2ccc3c(NC(=O)c4ccccc4)cccc3c2O)c(C)c1.O=S(=O)(O)c1cccc2c(S(=O)(=O)O)cccc12. The second kappa shape index (κ2) is 43.5. The highest BCUT2D eigenvalue weighted by Gasteiger charge is 2.30. The maximum Gasteiger partial charge on any atom is 0.295 e. The Morgan fingerprint density at radius 3 is 1.42 bits per heavy atom. The highest BCUT2D eigenvalue weighted by atomic mass is 32.2. The largest absolute Gasteiger partial charge is 0.506 e. The van der Waals surface area contributed by atoms with Crippen LogP contribution in [-0.2, 0) is 39.9 Å². The number of fused-ring (bicyclic) bond motifs is 6. The Labute approximate surface area is 694 Å². The fourth-order valence-electron chi connectivity index (χ4n) is 13.5. The van der Waals surface area contributed by atoms with Crippen LogP contribution in [0.4, 0.5) is 34.1 Å². The van der Waals surface area contributed by atoms with Crippen molar-refractivity contribution in [1.29, 1.82) is 0 Å². The van der Waals surface area contributed by atoms with Gasteiger partial charge in [0.05, 0.1) is 45.0 Å². The number of carbonyl (C=O) groups is 4. The van der Waals surface area contributed by atoms with E-state index in [1.807, 2.05) is 121 Å². The number of nitrogens with two attached hydrogens (primary N) is 1. The minimum atomic E-state index is -4.47. The lowest BCUT2D eigenvalue weighted by Crippen LogP contribution is -2.31. The van der Waals surface area contributed by atoms with Crippen molar-refractivity contribution in [3.05, 3.63) is 284 Å². The zero-order valence-electron chi connectivity index (χ0n) is 68.1. The Hall–Kier alpha value is -12.5. The van der Waals surface area contributed by atoms with Crippen molar-refractivity contribution in [1.82, 2.24) is 20.2 Å². The van der Waals surface area contributed by atoms with Crippen LogP contribution >= 0.6 is 0 Å². The molecule has 0 bridgehead atoms. The van der Waals surface area contributed by atoms with Gasteiger partial charge in [-0.05, 0) is 182 Å². The van der Waals surface area contributed by atoms with E-state index in [0.29, 0.717) is 68.5 Å². The van der Waals surface area contributed by atoms with E-state index < -0.39 is 41.4 Å². The number of benzene rings is 12. The lowest BCUT2D eigenvalue weighted by atomic mass is 9.95. The molecule has 0 spiro atoms. The van der Waals surface area contributed by atoms with Crippen molar-refractivity contribution in [3.8, 4) is 17.1 Å². The van der Waals surface area contributed by atoms with Gasteiger partial charge in [0.15, 0.2) is 0 Å². The molecule has 11 aromatic rings. The number of nitrogens with zero attached hydrogens (tertiary/aromatic N) is 4. The highest BCUT2D eigenvalue weighted by molar-refractivity contribution is 7.86. The first-order valence-electron chi connectivity index (χ1n) is 38.8. The Bertz CT molecular complexity index is 5860. The first-order chi connectivity index (χ1) is 55.6. The number of hydrogen-bond donors (Lipinski definition) is 9. The Balaban J connectivity index is 0.000000262. The van der Waals surface area contributed by atoms with E-state index in [1.165, 1.54) is 35.5 Å². The fourth-order valence-corrected chi connectivity index (χ4v) is 15.0. The van der Waals surface area contributed by atoms with Gasteiger partial charge in [-0.2, -0.15) is 16.8 Å². The number of aromatic nitrogens is 2. The maximum atomic E-state index is 14.5. The monoisotopic (exact) mass is 1640 g/mol. The molecule has 24 heteroatoms. The number of hydrogen-bond acceptors (Lipinski definition) is 15. The van der Waals surface area contributed by atoms with Gasteiger partial charge in [-0.3, -0.25) is 33.1 Å². The predicted octanol–water partition coefficient (Wildman–Crippen LogP) is 19.9. The van der Waals surface area contributed by atoms with Crippen LogP contribution in [0.1, 0.15) is 159 Å².